The number of piperidine rings is 1. The molecule has 1 amide bonds. The molecule has 2 aliphatic carbocycles. The summed E-state index contributed by atoms with van der Waals surface area (Å²) in [5, 5.41) is 3.37. The fourth-order valence-electron chi connectivity index (χ4n) is 4.04. The van der Waals surface area contributed by atoms with E-state index in [0.717, 1.165) is 38.8 Å². The molecule has 0 radical (unpaired) electrons. The van der Waals surface area contributed by atoms with Gasteiger partial charge in [-0.2, -0.15) is 0 Å². The molecule has 1 saturated carbocycles. The zero-order valence-electron chi connectivity index (χ0n) is 13.0. The molecular formula is C18H25ClN2O. The maximum Gasteiger partial charge on any atom is 0.226 e. The van der Waals surface area contributed by atoms with Gasteiger partial charge in [-0.3, -0.25) is 4.79 Å². The molecule has 3 nitrogen and oxygen atoms in total. The van der Waals surface area contributed by atoms with Crippen molar-refractivity contribution in [3.8, 4) is 0 Å². The van der Waals surface area contributed by atoms with Crippen LogP contribution in [0.15, 0.2) is 24.3 Å². The topological polar surface area (TPSA) is 32.3 Å². The predicted octanol–water partition coefficient (Wildman–Crippen LogP) is 3.09. The molecule has 1 aromatic carbocycles. The van der Waals surface area contributed by atoms with Gasteiger partial charge < -0.3 is 10.2 Å². The second-order valence-electron chi connectivity index (χ2n) is 6.75. The Morgan fingerprint density at radius 1 is 1.05 bits per heavy atom. The van der Waals surface area contributed by atoms with Gasteiger partial charge in [-0.25, -0.2) is 0 Å². The maximum absolute atomic E-state index is 13.1. The average Bonchev–Trinajstić information content (AvgIpc) is 3.29. The number of carbonyl (C=O) groups is 1. The fourth-order valence-corrected chi connectivity index (χ4v) is 4.04. The number of hydrogen-bond acceptors (Lipinski definition) is 2. The molecule has 1 aromatic rings. The van der Waals surface area contributed by atoms with Crippen molar-refractivity contribution in [1.29, 1.82) is 0 Å². The number of halogens is 1. The van der Waals surface area contributed by atoms with E-state index < -0.39 is 0 Å². The Bertz CT molecular complexity index is 538. The molecule has 1 aliphatic heterocycles. The van der Waals surface area contributed by atoms with Crippen molar-refractivity contribution in [1.82, 2.24) is 10.2 Å². The van der Waals surface area contributed by atoms with Gasteiger partial charge in [0.15, 0.2) is 0 Å². The van der Waals surface area contributed by atoms with E-state index in [9.17, 15) is 4.79 Å². The predicted molar refractivity (Wildman–Crippen MR) is 90.2 cm³/mol. The van der Waals surface area contributed by atoms with Crippen LogP contribution in [0, 0.1) is 5.92 Å². The molecule has 0 aromatic heterocycles. The van der Waals surface area contributed by atoms with E-state index in [1.807, 2.05) is 0 Å². The molecule has 4 rings (SSSR count). The third-order valence-corrected chi connectivity index (χ3v) is 5.32. The number of nitrogens with one attached hydrogen (secondary N) is 1. The largest absolute Gasteiger partial charge is 0.332 e. The minimum atomic E-state index is 0. The first-order valence-electron chi connectivity index (χ1n) is 8.45. The van der Waals surface area contributed by atoms with Crippen LogP contribution in [0.3, 0.4) is 0 Å². The van der Waals surface area contributed by atoms with Crippen LogP contribution in [0.1, 0.15) is 49.3 Å². The van der Waals surface area contributed by atoms with Crippen molar-refractivity contribution in [2.24, 2.45) is 5.92 Å². The summed E-state index contributed by atoms with van der Waals surface area (Å²) in [6, 6.07) is 9.57. The van der Waals surface area contributed by atoms with E-state index in [1.165, 1.54) is 24.0 Å². The summed E-state index contributed by atoms with van der Waals surface area (Å²) >= 11 is 0. The van der Waals surface area contributed by atoms with Gasteiger partial charge in [-0.15, -0.1) is 12.4 Å². The van der Waals surface area contributed by atoms with Gasteiger partial charge in [0, 0.05) is 12.0 Å². The van der Waals surface area contributed by atoms with E-state index in [4.69, 9.17) is 0 Å². The number of fused-ring (bicyclic) bond motifs is 1. The van der Waals surface area contributed by atoms with E-state index >= 15 is 0 Å². The van der Waals surface area contributed by atoms with Crippen molar-refractivity contribution in [3.05, 3.63) is 35.4 Å². The molecule has 0 bridgehead atoms. The summed E-state index contributed by atoms with van der Waals surface area (Å²) in [4.78, 5) is 15.4. The van der Waals surface area contributed by atoms with Crippen LogP contribution in [0.5, 0.6) is 0 Å². The van der Waals surface area contributed by atoms with Crippen LogP contribution < -0.4 is 5.32 Å². The molecule has 1 heterocycles. The van der Waals surface area contributed by atoms with Crippen molar-refractivity contribution in [2.75, 3.05) is 13.1 Å². The van der Waals surface area contributed by atoms with Crippen LogP contribution in [-0.4, -0.2) is 29.9 Å². The summed E-state index contributed by atoms with van der Waals surface area (Å²) in [6.07, 6.45) is 6.67. The number of aryl methyl sites for hydroxylation is 1. The SMILES string of the molecule is Cl.O=C(C1CCNCC1)N(C1CC1)C1CCc2ccccc21. The highest BCUT2D eigenvalue weighted by Gasteiger charge is 2.42. The first-order chi connectivity index (χ1) is 10.3. The molecule has 1 N–H and O–H groups in total. The van der Waals surface area contributed by atoms with Crippen LogP contribution in [0.2, 0.25) is 0 Å². The normalized spacial score (nSPS) is 24.5. The summed E-state index contributed by atoms with van der Waals surface area (Å²) in [5.41, 5.74) is 2.86. The van der Waals surface area contributed by atoms with E-state index in [2.05, 4.69) is 34.5 Å². The lowest BCUT2D eigenvalue weighted by molar-refractivity contribution is -0.139. The average molecular weight is 321 g/mol. The van der Waals surface area contributed by atoms with Crippen molar-refractivity contribution in [2.45, 2.75) is 50.6 Å². The molecule has 1 atom stereocenters. The lowest BCUT2D eigenvalue weighted by atomic mass is 9.95. The lowest BCUT2D eigenvalue weighted by Crippen LogP contribution is -2.43. The highest BCUT2D eigenvalue weighted by molar-refractivity contribution is 5.85. The molecule has 22 heavy (non-hydrogen) atoms. The molecule has 3 aliphatic rings. The molecule has 1 unspecified atom stereocenters. The van der Waals surface area contributed by atoms with E-state index in [0.29, 0.717) is 18.0 Å². The molecule has 1 saturated heterocycles. The molecule has 2 fully saturated rings. The van der Waals surface area contributed by atoms with Gasteiger partial charge in [0.2, 0.25) is 5.91 Å². The first-order valence-corrected chi connectivity index (χ1v) is 8.45. The fraction of sp³-hybridized carbons (Fsp3) is 0.611. The Hall–Kier alpha value is -1.06. The summed E-state index contributed by atoms with van der Waals surface area (Å²) < 4.78 is 0. The monoisotopic (exact) mass is 320 g/mol. The second kappa shape index (κ2) is 6.59. The number of rotatable bonds is 3. The molecule has 4 heteroatoms. The van der Waals surface area contributed by atoms with Crippen LogP contribution in [0.25, 0.3) is 0 Å². The number of amides is 1. The third-order valence-electron chi connectivity index (χ3n) is 5.32. The summed E-state index contributed by atoms with van der Waals surface area (Å²) in [7, 11) is 0. The summed E-state index contributed by atoms with van der Waals surface area (Å²) in [6.45, 7) is 1.99. The van der Waals surface area contributed by atoms with Crippen molar-refractivity contribution < 1.29 is 4.79 Å². The standard InChI is InChI=1S/C18H24N2O.ClH/c21-18(14-9-11-19-12-10-14)20(15-6-7-15)17-8-5-13-3-1-2-4-16(13)17;/h1-4,14-15,17,19H,5-12H2;1H. The quantitative estimate of drug-likeness (QED) is 0.928. The Kier molecular flexibility index (Phi) is 4.74. The van der Waals surface area contributed by atoms with Crippen LogP contribution in [0.4, 0.5) is 0 Å². The highest BCUT2D eigenvalue weighted by atomic mass is 35.5. The van der Waals surface area contributed by atoms with Crippen LogP contribution >= 0.6 is 12.4 Å². The zero-order chi connectivity index (χ0) is 14.2. The van der Waals surface area contributed by atoms with Crippen molar-refractivity contribution in [3.63, 3.8) is 0 Å². The Morgan fingerprint density at radius 2 is 1.77 bits per heavy atom. The number of benzene rings is 1. The maximum atomic E-state index is 13.1. The minimum Gasteiger partial charge on any atom is -0.332 e. The second-order valence-corrected chi connectivity index (χ2v) is 6.75. The van der Waals surface area contributed by atoms with Crippen molar-refractivity contribution >= 4 is 18.3 Å². The highest BCUT2D eigenvalue weighted by Crippen LogP contribution is 2.43. The Labute approximate surface area is 138 Å². The van der Waals surface area contributed by atoms with E-state index in [1.54, 1.807) is 0 Å². The Morgan fingerprint density at radius 3 is 2.50 bits per heavy atom. The number of nitrogens with zero attached hydrogens (tertiary/aromatic N) is 1. The van der Waals surface area contributed by atoms with Gasteiger partial charge in [-0.05, 0) is 62.7 Å². The van der Waals surface area contributed by atoms with Gasteiger partial charge >= 0.3 is 0 Å². The smallest absolute Gasteiger partial charge is 0.226 e. The third kappa shape index (κ3) is 2.89. The van der Waals surface area contributed by atoms with E-state index in [-0.39, 0.29) is 18.3 Å². The summed E-state index contributed by atoms with van der Waals surface area (Å²) in [5.74, 6) is 0.681. The minimum absolute atomic E-state index is 0. The Balaban J connectivity index is 0.00000144. The molecular weight excluding hydrogens is 296 g/mol. The zero-order valence-corrected chi connectivity index (χ0v) is 13.8. The van der Waals surface area contributed by atoms with Gasteiger partial charge in [-0.1, -0.05) is 24.3 Å². The lowest BCUT2D eigenvalue weighted by Gasteiger charge is -2.34. The van der Waals surface area contributed by atoms with Gasteiger partial charge in [0.05, 0.1) is 6.04 Å². The first kappa shape index (κ1) is 15.8. The van der Waals surface area contributed by atoms with Gasteiger partial charge in [0.25, 0.3) is 0 Å². The van der Waals surface area contributed by atoms with Crippen LogP contribution in [-0.2, 0) is 11.2 Å². The number of carbonyl (C=O) groups excluding carboxylic acids is 1. The molecule has 0 spiro atoms. The van der Waals surface area contributed by atoms with Gasteiger partial charge in [0.1, 0.15) is 0 Å². The number of hydrogen-bond donors (Lipinski definition) is 1. The molecule has 120 valence electrons.